The molecule has 44 heavy (non-hydrogen) atoms. The number of carbonyl (C=O) groups is 2. The molecule has 226 valence electrons. The molecular formula is C36H38N4O4. The maximum atomic E-state index is 11.6. The van der Waals surface area contributed by atoms with Crippen LogP contribution in [0.15, 0.2) is 37.4 Å². The SMILES string of the molecule is C=Cc1c(C)c2cc3nc(cc4nc(cc5c(C=C)c(C)c(cc1[nH]2)n5CC)C(C)=C4CCC(=O)O)C(CCC(=O)O)=C3C. The largest absolute Gasteiger partial charge is 0.481 e. The summed E-state index contributed by atoms with van der Waals surface area (Å²) in [6, 6.07) is 8.09. The first kappa shape index (κ1) is 30.5. The van der Waals surface area contributed by atoms with Crippen molar-refractivity contribution < 1.29 is 19.8 Å². The number of aryl methyl sites for hydroxylation is 3. The molecule has 3 aromatic rings. The van der Waals surface area contributed by atoms with Crippen LogP contribution in [0, 0.1) is 13.8 Å². The van der Waals surface area contributed by atoms with E-state index in [0.29, 0.717) is 30.8 Å². The Bertz CT molecular complexity index is 1980. The van der Waals surface area contributed by atoms with E-state index >= 15 is 0 Å². The fourth-order valence-corrected chi connectivity index (χ4v) is 6.33. The number of hydrogen-bond acceptors (Lipinski definition) is 4. The summed E-state index contributed by atoms with van der Waals surface area (Å²) in [5.41, 5.74) is 14.2. The number of aromatic nitrogens is 4. The lowest BCUT2D eigenvalue weighted by Gasteiger charge is -2.05. The monoisotopic (exact) mass is 590 g/mol. The number of nitrogens with one attached hydrogen (secondary N) is 1. The lowest BCUT2D eigenvalue weighted by molar-refractivity contribution is -0.137. The third-order valence-electron chi connectivity index (χ3n) is 8.80. The summed E-state index contributed by atoms with van der Waals surface area (Å²) < 4.78 is 2.25. The van der Waals surface area contributed by atoms with Gasteiger partial charge in [-0.2, -0.15) is 0 Å². The molecule has 0 radical (unpaired) electrons. The fraction of sp³-hybridized carbons (Fsp3) is 0.278. The number of fused-ring (bicyclic) bond motifs is 8. The van der Waals surface area contributed by atoms with Crippen LogP contribution in [0.5, 0.6) is 0 Å². The summed E-state index contributed by atoms with van der Waals surface area (Å²) >= 11 is 0. The first-order valence-electron chi connectivity index (χ1n) is 14.8. The lowest BCUT2D eigenvalue weighted by Crippen LogP contribution is -1.97. The smallest absolute Gasteiger partial charge is 0.303 e. The number of aliphatic carboxylic acids is 2. The standard InChI is InChI=1S/C36H38N4O4/c1-8-23-19(4)27-15-28-20(5)25(11-13-35(41)42)30(37-28)16-31-26(12-14-36(43)44)21(6)29(39-31)17-34-24(9-2)22(7)33(40(34)10-3)18-32(23)38-27/h8-9,15-18,38H,1-2,10-14H2,3-7H3,(H,41,42)(H,43,44). The zero-order valence-electron chi connectivity index (χ0n) is 26.0. The van der Waals surface area contributed by atoms with Crippen LogP contribution in [-0.4, -0.2) is 41.7 Å². The number of allylic oxidation sites excluding steroid dienone is 4. The molecule has 0 atom stereocenters. The molecule has 0 saturated carbocycles. The average Bonchev–Trinajstić information content (AvgIpc) is 3.62. The summed E-state index contributed by atoms with van der Waals surface area (Å²) in [6.07, 6.45) is 4.28. The molecule has 0 unspecified atom stereocenters. The van der Waals surface area contributed by atoms with Gasteiger partial charge in [0.15, 0.2) is 0 Å². The van der Waals surface area contributed by atoms with Gasteiger partial charge in [0, 0.05) is 47.1 Å². The number of H-pyrrole nitrogens is 1. The highest BCUT2D eigenvalue weighted by Crippen LogP contribution is 2.38. The molecule has 2 aliphatic rings. The molecular weight excluding hydrogens is 552 g/mol. The Labute approximate surface area is 256 Å². The number of carboxylic acids is 2. The van der Waals surface area contributed by atoms with Crippen LogP contribution in [-0.2, 0) is 16.1 Å². The number of rotatable bonds is 9. The topological polar surface area (TPSA) is 121 Å². The van der Waals surface area contributed by atoms with E-state index in [4.69, 9.17) is 9.97 Å². The predicted octanol–water partition coefficient (Wildman–Crippen LogP) is 8.30. The highest BCUT2D eigenvalue weighted by Gasteiger charge is 2.23. The van der Waals surface area contributed by atoms with E-state index in [1.54, 1.807) is 0 Å². The van der Waals surface area contributed by atoms with Crippen LogP contribution >= 0.6 is 0 Å². The maximum absolute atomic E-state index is 11.6. The van der Waals surface area contributed by atoms with Gasteiger partial charge in [-0.05, 0) is 105 Å². The average molecular weight is 591 g/mol. The van der Waals surface area contributed by atoms with E-state index in [0.717, 1.165) is 78.0 Å². The van der Waals surface area contributed by atoms with Crippen molar-refractivity contribution in [1.82, 2.24) is 19.5 Å². The molecule has 0 fully saturated rings. The zero-order chi connectivity index (χ0) is 31.9. The van der Waals surface area contributed by atoms with Crippen molar-refractivity contribution in [3.05, 3.63) is 82.5 Å². The first-order valence-corrected chi connectivity index (χ1v) is 14.8. The maximum Gasteiger partial charge on any atom is 0.303 e. The molecule has 8 nitrogen and oxygen atoms in total. The third kappa shape index (κ3) is 5.32. The molecule has 0 aliphatic carbocycles. The lowest BCUT2D eigenvalue weighted by atomic mass is 9.98. The second kappa shape index (κ2) is 12.0. The number of aromatic amines is 1. The van der Waals surface area contributed by atoms with Crippen LogP contribution in [0.1, 0.15) is 91.5 Å². The Morgan fingerprint density at radius 1 is 0.750 bits per heavy atom. The predicted molar refractivity (Wildman–Crippen MR) is 179 cm³/mol. The summed E-state index contributed by atoms with van der Waals surface area (Å²) in [5.74, 6) is -1.77. The van der Waals surface area contributed by atoms with Gasteiger partial charge < -0.3 is 19.8 Å². The van der Waals surface area contributed by atoms with Crippen molar-refractivity contribution in [2.75, 3.05) is 0 Å². The van der Waals surface area contributed by atoms with Gasteiger partial charge in [0.25, 0.3) is 0 Å². The molecule has 2 aliphatic heterocycles. The summed E-state index contributed by atoms with van der Waals surface area (Å²) in [6.45, 7) is 19.1. The van der Waals surface area contributed by atoms with E-state index in [9.17, 15) is 19.8 Å². The molecule has 0 aromatic carbocycles. The van der Waals surface area contributed by atoms with Gasteiger partial charge in [0.05, 0.1) is 28.3 Å². The highest BCUT2D eigenvalue weighted by molar-refractivity contribution is 5.97. The number of nitrogens with zero attached hydrogens (tertiary/aromatic N) is 3. The van der Waals surface area contributed by atoms with Crippen LogP contribution in [0.25, 0.3) is 56.5 Å². The Morgan fingerprint density at radius 2 is 1.30 bits per heavy atom. The minimum Gasteiger partial charge on any atom is -0.481 e. The minimum absolute atomic E-state index is 0.0352. The van der Waals surface area contributed by atoms with Crippen LogP contribution < -0.4 is 0 Å². The van der Waals surface area contributed by atoms with E-state index in [-0.39, 0.29) is 12.8 Å². The second-order valence-electron chi connectivity index (χ2n) is 11.3. The Morgan fingerprint density at radius 3 is 1.80 bits per heavy atom. The summed E-state index contributed by atoms with van der Waals surface area (Å²) in [5, 5.41) is 19.0. The molecule has 5 rings (SSSR count). The van der Waals surface area contributed by atoms with Gasteiger partial charge in [-0.15, -0.1) is 0 Å². The van der Waals surface area contributed by atoms with Gasteiger partial charge in [0.1, 0.15) is 0 Å². The van der Waals surface area contributed by atoms with Crippen molar-refractivity contribution >= 4 is 68.4 Å². The minimum atomic E-state index is -0.885. The normalized spacial score (nSPS) is 13.0. The highest BCUT2D eigenvalue weighted by atomic mass is 16.4. The van der Waals surface area contributed by atoms with Crippen molar-refractivity contribution in [3.63, 3.8) is 0 Å². The van der Waals surface area contributed by atoms with Crippen molar-refractivity contribution in [3.8, 4) is 0 Å². The van der Waals surface area contributed by atoms with Crippen LogP contribution in [0.2, 0.25) is 0 Å². The van der Waals surface area contributed by atoms with Crippen molar-refractivity contribution in [2.24, 2.45) is 0 Å². The second-order valence-corrected chi connectivity index (χ2v) is 11.3. The molecule has 0 saturated heterocycles. The van der Waals surface area contributed by atoms with E-state index in [1.807, 2.05) is 45.1 Å². The van der Waals surface area contributed by atoms with Gasteiger partial charge in [-0.25, -0.2) is 9.97 Å². The molecule has 5 heterocycles. The van der Waals surface area contributed by atoms with Gasteiger partial charge in [-0.1, -0.05) is 25.3 Å². The van der Waals surface area contributed by atoms with E-state index in [2.05, 4.69) is 48.7 Å². The van der Waals surface area contributed by atoms with Gasteiger partial charge >= 0.3 is 11.9 Å². The van der Waals surface area contributed by atoms with Crippen molar-refractivity contribution in [2.45, 2.75) is 66.8 Å². The number of hydrogen-bond donors (Lipinski definition) is 3. The fourth-order valence-electron chi connectivity index (χ4n) is 6.33. The van der Waals surface area contributed by atoms with Gasteiger partial charge in [0.2, 0.25) is 0 Å². The molecule has 0 amide bonds. The summed E-state index contributed by atoms with van der Waals surface area (Å²) in [4.78, 5) is 36.8. The van der Waals surface area contributed by atoms with Crippen LogP contribution in [0.3, 0.4) is 0 Å². The van der Waals surface area contributed by atoms with Gasteiger partial charge in [-0.3, -0.25) is 9.59 Å². The Hall–Kier alpha value is -4.98. The molecule has 3 N–H and O–H groups in total. The molecule has 8 bridgehead atoms. The third-order valence-corrected chi connectivity index (χ3v) is 8.80. The Kier molecular flexibility index (Phi) is 8.28. The summed E-state index contributed by atoms with van der Waals surface area (Å²) in [7, 11) is 0. The van der Waals surface area contributed by atoms with Crippen LogP contribution in [0.4, 0.5) is 0 Å². The first-order chi connectivity index (χ1) is 21.0. The van der Waals surface area contributed by atoms with E-state index < -0.39 is 11.9 Å². The van der Waals surface area contributed by atoms with Crippen molar-refractivity contribution in [1.29, 1.82) is 0 Å². The number of carboxylic acid groups (broad SMARTS) is 2. The molecule has 8 heteroatoms. The molecule has 0 spiro atoms. The quantitative estimate of drug-likeness (QED) is 0.230. The zero-order valence-corrected chi connectivity index (χ0v) is 26.0. The van der Waals surface area contributed by atoms with E-state index in [1.165, 1.54) is 0 Å². The molecule has 3 aromatic heterocycles. The Balaban J connectivity index is 1.99.